The molecule has 6 nitrogen and oxygen atoms in total. The molecule has 0 aromatic rings. The maximum Gasteiger partial charge on any atom is 0.199 e. The zero-order valence-electron chi connectivity index (χ0n) is 8.07. The molecule has 0 saturated heterocycles. The van der Waals surface area contributed by atoms with E-state index in [0.29, 0.717) is 0 Å². The molecular weight excluding hydrogens is 224 g/mol. The molecule has 0 aromatic carbocycles. The quantitative estimate of drug-likeness (QED) is 0.431. The standard InChI is InChI=1S/C8H14O6S/c9-1-3-13-5-7-15(11,12)8-6-14-4-2-10/h5-10H,1-4H2. The van der Waals surface area contributed by atoms with Gasteiger partial charge in [-0.25, -0.2) is 8.42 Å². The first kappa shape index (κ1) is 13.9. The van der Waals surface area contributed by atoms with Crippen molar-refractivity contribution in [2.24, 2.45) is 0 Å². The Morgan fingerprint density at radius 1 is 0.933 bits per heavy atom. The predicted octanol–water partition coefficient (Wildman–Crippen LogP) is -0.639. The maximum absolute atomic E-state index is 11.1. The van der Waals surface area contributed by atoms with E-state index in [0.717, 1.165) is 23.3 Å². The Labute approximate surface area is 88.4 Å². The van der Waals surface area contributed by atoms with Crippen LogP contribution in [-0.4, -0.2) is 45.1 Å². The van der Waals surface area contributed by atoms with Crippen LogP contribution in [0, 0.1) is 0 Å². The van der Waals surface area contributed by atoms with Crippen LogP contribution >= 0.6 is 0 Å². The molecule has 0 fully saturated rings. The van der Waals surface area contributed by atoms with Crippen molar-refractivity contribution in [2.45, 2.75) is 0 Å². The lowest BCUT2D eigenvalue weighted by Crippen LogP contribution is -1.96. The van der Waals surface area contributed by atoms with Gasteiger partial charge < -0.3 is 19.7 Å². The van der Waals surface area contributed by atoms with Crippen molar-refractivity contribution in [3.63, 3.8) is 0 Å². The molecule has 0 aromatic heterocycles. The van der Waals surface area contributed by atoms with Crippen molar-refractivity contribution >= 4 is 9.84 Å². The normalized spacial score (nSPS) is 12.4. The third kappa shape index (κ3) is 9.26. The summed E-state index contributed by atoms with van der Waals surface area (Å²) in [6.07, 6.45) is 1.95. The van der Waals surface area contributed by atoms with Gasteiger partial charge in [0.2, 0.25) is 0 Å². The Hall–Kier alpha value is -1.05. The van der Waals surface area contributed by atoms with E-state index in [1.165, 1.54) is 0 Å². The van der Waals surface area contributed by atoms with E-state index in [4.69, 9.17) is 10.2 Å². The fraction of sp³-hybridized carbons (Fsp3) is 0.500. The minimum absolute atomic E-state index is 0.0384. The Balaban J connectivity index is 3.96. The highest BCUT2D eigenvalue weighted by Crippen LogP contribution is 1.95. The Morgan fingerprint density at radius 3 is 1.67 bits per heavy atom. The minimum atomic E-state index is -3.52. The molecule has 0 saturated carbocycles. The van der Waals surface area contributed by atoms with Gasteiger partial charge in [0.25, 0.3) is 0 Å². The summed E-state index contributed by atoms with van der Waals surface area (Å²) in [5.74, 6) is 0. The molecule has 7 heteroatoms. The van der Waals surface area contributed by atoms with Crippen LogP contribution in [0.4, 0.5) is 0 Å². The van der Waals surface area contributed by atoms with E-state index in [1.54, 1.807) is 0 Å². The SMILES string of the molecule is O=S(=O)(C=COCCO)C=COCCO. The Kier molecular flexibility index (Phi) is 7.69. The molecule has 0 bridgehead atoms. The number of sulfone groups is 1. The predicted molar refractivity (Wildman–Crippen MR) is 53.3 cm³/mol. The van der Waals surface area contributed by atoms with Gasteiger partial charge in [0.15, 0.2) is 9.84 Å². The highest BCUT2D eigenvalue weighted by atomic mass is 32.2. The second kappa shape index (κ2) is 8.27. The van der Waals surface area contributed by atoms with Gasteiger partial charge in [-0.1, -0.05) is 0 Å². The highest BCUT2D eigenvalue weighted by molar-refractivity contribution is 7.97. The van der Waals surface area contributed by atoms with Gasteiger partial charge in [-0.15, -0.1) is 0 Å². The summed E-state index contributed by atoms with van der Waals surface area (Å²) in [6, 6.07) is 0. The summed E-state index contributed by atoms with van der Waals surface area (Å²) >= 11 is 0. The summed E-state index contributed by atoms with van der Waals surface area (Å²) in [6.45, 7) is -0.285. The van der Waals surface area contributed by atoms with E-state index in [1.807, 2.05) is 0 Å². The summed E-state index contributed by atoms with van der Waals surface area (Å²) in [4.78, 5) is 0. The molecule has 2 N–H and O–H groups in total. The van der Waals surface area contributed by atoms with Crippen molar-refractivity contribution < 1.29 is 28.1 Å². The smallest absolute Gasteiger partial charge is 0.199 e. The van der Waals surface area contributed by atoms with Crippen molar-refractivity contribution in [3.05, 3.63) is 23.3 Å². The molecule has 0 rings (SSSR count). The van der Waals surface area contributed by atoms with Crippen molar-refractivity contribution in [2.75, 3.05) is 26.4 Å². The first-order chi connectivity index (χ1) is 7.12. The molecule has 0 atom stereocenters. The van der Waals surface area contributed by atoms with Gasteiger partial charge in [0.05, 0.1) is 36.6 Å². The molecule has 0 spiro atoms. The second-order valence-electron chi connectivity index (χ2n) is 2.32. The summed E-state index contributed by atoms with van der Waals surface area (Å²) in [5.41, 5.74) is 0. The molecular formula is C8H14O6S. The molecule has 0 radical (unpaired) electrons. The fourth-order valence-corrected chi connectivity index (χ4v) is 1.08. The van der Waals surface area contributed by atoms with Crippen LogP contribution in [0.25, 0.3) is 0 Å². The van der Waals surface area contributed by atoms with Crippen LogP contribution in [-0.2, 0) is 19.3 Å². The largest absolute Gasteiger partial charge is 0.498 e. The first-order valence-corrected chi connectivity index (χ1v) is 5.76. The number of hydrogen-bond donors (Lipinski definition) is 2. The molecule has 15 heavy (non-hydrogen) atoms. The molecule has 0 aliphatic rings. The third-order valence-corrected chi connectivity index (χ3v) is 2.08. The number of aliphatic hydroxyl groups excluding tert-OH is 2. The lowest BCUT2D eigenvalue weighted by atomic mass is 10.8. The fourth-order valence-electron chi connectivity index (χ4n) is 0.520. The van der Waals surface area contributed by atoms with Gasteiger partial charge in [-0.05, 0) is 0 Å². The van der Waals surface area contributed by atoms with Gasteiger partial charge in [-0.2, -0.15) is 0 Å². The van der Waals surface area contributed by atoms with Crippen LogP contribution in [0.1, 0.15) is 0 Å². The lowest BCUT2D eigenvalue weighted by molar-refractivity contribution is 0.166. The van der Waals surface area contributed by atoms with Gasteiger partial charge in [-0.3, -0.25) is 0 Å². The van der Waals surface area contributed by atoms with E-state index in [9.17, 15) is 8.42 Å². The summed E-state index contributed by atoms with van der Waals surface area (Å²) < 4.78 is 31.4. The first-order valence-electron chi connectivity index (χ1n) is 4.15. The monoisotopic (exact) mass is 238 g/mol. The molecule has 0 aliphatic carbocycles. The van der Waals surface area contributed by atoms with Crippen molar-refractivity contribution in [1.29, 1.82) is 0 Å². The van der Waals surface area contributed by atoms with Crippen molar-refractivity contribution in [1.82, 2.24) is 0 Å². The van der Waals surface area contributed by atoms with Crippen LogP contribution < -0.4 is 0 Å². The topological polar surface area (TPSA) is 93.1 Å². The highest BCUT2D eigenvalue weighted by Gasteiger charge is 1.98. The molecule has 0 unspecified atom stereocenters. The number of hydrogen-bond acceptors (Lipinski definition) is 6. The Morgan fingerprint density at radius 2 is 1.33 bits per heavy atom. The van der Waals surface area contributed by atoms with Gasteiger partial charge in [0.1, 0.15) is 13.2 Å². The average Bonchev–Trinajstić information content (AvgIpc) is 2.20. The summed E-state index contributed by atoms with van der Waals surface area (Å²) in [5, 5.41) is 18.3. The zero-order chi connectivity index (χ0) is 11.6. The summed E-state index contributed by atoms with van der Waals surface area (Å²) in [7, 11) is -3.52. The van der Waals surface area contributed by atoms with E-state index in [-0.39, 0.29) is 26.4 Å². The average molecular weight is 238 g/mol. The van der Waals surface area contributed by atoms with Crippen LogP contribution in [0.3, 0.4) is 0 Å². The van der Waals surface area contributed by atoms with Crippen LogP contribution in [0.5, 0.6) is 0 Å². The number of ether oxygens (including phenoxy) is 2. The number of aliphatic hydroxyl groups is 2. The molecule has 0 amide bonds. The Bertz CT molecular complexity index is 268. The van der Waals surface area contributed by atoms with Gasteiger partial charge >= 0.3 is 0 Å². The second-order valence-corrected chi connectivity index (χ2v) is 4.04. The lowest BCUT2D eigenvalue weighted by Gasteiger charge is -1.96. The van der Waals surface area contributed by atoms with E-state index >= 15 is 0 Å². The number of rotatable bonds is 8. The van der Waals surface area contributed by atoms with Crippen LogP contribution in [0.2, 0.25) is 0 Å². The minimum Gasteiger partial charge on any atom is -0.498 e. The maximum atomic E-state index is 11.1. The molecule has 88 valence electrons. The van der Waals surface area contributed by atoms with Crippen LogP contribution in [0.15, 0.2) is 23.3 Å². The van der Waals surface area contributed by atoms with E-state index in [2.05, 4.69) is 9.47 Å². The van der Waals surface area contributed by atoms with Gasteiger partial charge in [0, 0.05) is 0 Å². The molecule has 0 aliphatic heterocycles. The molecule has 0 heterocycles. The van der Waals surface area contributed by atoms with Crippen molar-refractivity contribution in [3.8, 4) is 0 Å². The third-order valence-electron chi connectivity index (χ3n) is 1.10. The van der Waals surface area contributed by atoms with E-state index < -0.39 is 9.84 Å². The zero-order valence-corrected chi connectivity index (χ0v) is 8.89.